The van der Waals surface area contributed by atoms with Crippen molar-refractivity contribution < 1.29 is 12.9 Å². The Morgan fingerprint density at radius 3 is 1.67 bits per heavy atom. The Morgan fingerprint density at radius 2 is 1.14 bits per heavy atom. The monoisotopic (exact) mass is 493 g/mol. The van der Waals surface area contributed by atoms with Gasteiger partial charge in [-0.3, -0.25) is 4.52 Å². The van der Waals surface area contributed by atoms with Gasteiger partial charge in [0.2, 0.25) is 0 Å². The van der Waals surface area contributed by atoms with Crippen molar-refractivity contribution in [3.8, 4) is 0 Å². The van der Waals surface area contributed by atoms with E-state index in [0.29, 0.717) is 0 Å². The molecule has 6 rings (SSSR count). The maximum absolute atomic E-state index is 6.70. The van der Waals surface area contributed by atoms with E-state index in [1.807, 2.05) is 30.3 Å². The van der Waals surface area contributed by atoms with Gasteiger partial charge in [0.05, 0.1) is 0 Å². The summed E-state index contributed by atoms with van der Waals surface area (Å²) in [5, 5.41) is 6.68. The van der Waals surface area contributed by atoms with E-state index in [-0.39, 0.29) is 12.1 Å². The topological polar surface area (TPSA) is 38.8 Å². The van der Waals surface area contributed by atoms with Crippen LogP contribution in [0, 0.1) is 0 Å². The predicted octanol–water partition coefficient (Wildman–Crippen LogP) is 8.72. The van der Waals surface area contributed by atoms with E-state index in [4.69, 9.17) is 12.9 Å². The van der Waals surface area contributed by atoms with Gasteiger partial charge in [-0.25, -0.2) is 0 Å². The molecule has 2 atom stereocenters. The molecule has 0 saturated heterocycles. The lowest BCUT2D eigenvalue weighted by molar-refractivity contribution is 0.142. The molecule has 36 heavy (non-hydrogen) atoms. The van der Waals surface area contributed by atoms with Crippen molar-refractivity contribution in [1.82, 2.24) is 4.90 Å². The maximum atomic E-state index is 6.70. The highest BCUT2D eigenvalue weighted by Crippen LogP contribution is 2.42. The van der Waals surface area contributed by atoms with Crippen LogP contribution in [0.1, 0.15) is 18.6 Å². The van der Waals surface area contributed by atoms with Gasteiger partial charge in [-0.15, -0.1) is 0 Å². The first-order valence-corrected chi connectivity index (χ1v) is 13.3. The van der Waals surface area contributed by atoms with Crippen molar-refractivity contribution in [3.05, 3.63) is 109 Å². The molecule has 1 heterocycles. The number of hydrogen-bond acceptors (Lipinski definition) is 4. The molecule has 6 aromatic rings. The molecule has 180 valence electrons. The van der Waals surface area contributed by atoms with E-state index in [0.717, 1.165) is 49.0 Å². The van der Waals surface area contributed by atoms with Gasteiger partial charge < -0.3 is 13.3 Å². The van der Waals surface area contributed by atoms with Crippen LogP contribution in [0.3, 0.4) is 0 Å². The first-order chi connectivity index (χ1) is 17.6. The van der Waals surface area contributed by atoms with E-state index < -0.39 is 8.24 Å². The molecule has 0 fully saturated rings. The van der Waals surface area contributed by atoms with Crippen molar-refractivity contribution in [2.45, 2.75) is 19.1 Å². The first-order valence-electron chi connectivity index (χ1n) is 12.2. The van der Waals surface area contributed by atoms with E-state index >= 15 is 0 Å². The van der Waals surface area contributed by atoms with E-state index in [9.17, 15) is 0 Å². The van der Waals surface area contributed by atoms with Crippen LogP contribution >= 0.6 is 8.24 Å². The van der Waals surface area contributed by atoms with E-state index in [2.05, 4.69) is 98.7 Å². The molecule has 0 bridgehead atoms. The van der Waals surface area contributed by atoms with Crippen molar-refractivity contribution in [2.24, 2.45) is 0 Å². The molecule has 0 aliphatic carbocycles. The zero-order chi connectivity index (χ0) is 24.6. The number of fused-ring (bicyclic) bond motifs is 7. The van der Waals surface area contributed by atoms with Crippen LogP contribution < -0.4 is 4.52 Å². The number of hydrogen-bond donors (Lipinski definition) is 0. The minimum absolute atomic E-state index is 0.109. The lowest BCUT2D eigenvalue weighted by atomic mass is 9.99. The van der Waals surface area contributed by atoms with Crippen molar-refractivity contribution in [2.75, 3.05) is 14.1 Å². The highest BCUT2D eigenvalue weighted by Gasteiger charge is 2.25. The van der Waals surface area contributed by atoms with Crippen molar-refractivity contribution in [3.63, 3.8) is 0 Å². The summed E-state index contributed by atoms with van der Waals surface area (Å²) in [7, 11) is 2.40. The average molecular weight is 494 g/mol. The number of rotatable bonds is 5. The van der Waals surface area contributed by atoms with Crippen molar-refractivity contribution in [1.29, 1.82) is 0 Å². The zero-order valence-electron chi connectivity index (χ0n) is 20.6. The smallest absolute Gasteiger partial charge is 0.388 e. The molecule has 0 aliphatic heterocycles. The summed E-state index contributed by atoms with van der Waals surface area (Å²) >= 11 is 0. The fourth-order valence-corrected chi connectivity index (χ4v) is 6.06. The summed E-state index contributed by atoms with van der Waals surface area (Å²) in [6.07, 6.45) is -0.224. The van der Waals surface area contributed by atoms with E-state index in [1.165, 1.54) is 0 Å². The van der Waals surface area contributed by atoms with Gasteiger partial charge in [0.15, 0.2) is 0 Å². The predicted molar refractivity (Wildman–Crippen MR) is 150 cm³/mol. The molecule has 0 N–H and O–H groups in total. The molecular weight excluding hydrogens is 465 g/mol. The minimum atomic E-state index is -1.73. The summed E-state index contributed by atoms with van der Waals surface area (Å²) in [5.41, 5.74) is 2.65. The van der Waals surface area contributed by atoms with Crippen LogP contribution in [-0.2, 0) is 0 Å². The third-order valence-electron chi connectivity index (χ3n) is 6.96. The van der Waals surface area contributed by atoms with Gasteiger partial charge in [-0.2, -0.15) is 0 Å². The van der Waals surface area contributed by atoms with Gasteiger partial charge in [0, 0.05) is 16.8 Å². The number of benzene rings is 5. The van der Waals surface area contributed by atoms with Gasteiger partial charge in [0.1, 0.15) is 17.3 Å². The molecule has 0 unspecified atom stereocenters. The quantitative estimate of drug-likeness (QED) is 0.241. The maximum Gasteiger partial charge on any atom is 0.388 e. The second-order valence-corrected chi connectivity index (χ2v) is 10.4. The summed E-state index contributed by atoms with van der Waals surface area (Å²) in [5.74, 6) is 0. The largest absolute Gasteiger partial charge is 0.399 e. The normalized spacial score (nSPS) is 13.6. The Hall–Kier alpha value is -3.56. The Morgan fingerprint density at radius 1 is 0.639 bits per heavy atom. The van der Waals surface area contributed by atoms with Crippen LogP contribution in [0.15, 0.2) is 112 Å². The summed E-state index contributed by atoms with van der Waals surface area (Å²) < 4.78 is 19.9. The van der Waals surface area contributed by atoms with Crippen LogP contribution in [0.2, 0.25) is 0 Å². The molecular formula is C31H28NO3P. The lowest BCUT2D eigenvalue weighted by Crippen LogP contribution is -2.33. The molecule has 0 amide bonds. The summed E-state index contributed by atoms with van der Waals surface area (Å²) in [4.78, 5) is 2.16. The number of likely N-dealkylation sites (N-methyl/N-ethyl adjacent to an activating group) is 1. The standard InChI is InChI=1S/C31H28NO3P/c1-21(32(2)3)31(24-13-5-4-6-14-24)35-36-33-27-19-17-22-11-7-9-15-25(22)29(27)30-26-16-10-8-12-23(26)18-20-28(30)34-36/h4-21,31H,1-3H3/t21-,31-/m0/s1. The second-order valence-electron chi connectivity index (χ2n) is 9.37. The molecule has 5 aromatic carbocycles. The SMILES string of the molecule is C[C@@H]([C@H](Op1oc2ccc3ccccc3c2c2c(ccc3ccccc32)o1)c1ccccc1)N(C)C. The molecule has 1 aromatic heterocycles. The molecule has 0 aliphatic rings. The Bertz CT molecular complexity index is 1630. The van der Waals surface area contributed by atoms with Crippen LogP contribution in [0.25, 0.3) is 43.5 Å². The molecule has 5 heteroatoms. The third-order valence-corrected chi connectivity index (χ3v) is 8.05. The zero-order valence-corrected chi connectivity index (χ0v) is 21.5. The minimum Gasteiger partial charge on any atom is -0.399 e. The summed E-state index contributed by atoms with van der Waals surface area (Å²) in [6, 6.07) is 35.6. The van der Waals surface area contributed by atoms with Gasteiger partial charge in [-0.05, 0) is 60.3 Å². The number of nitrogens with zero attached hydrogens (tertiary/aromatic N) is 1. The second kappa shape index (κ2) is 9.48. The molecule has 4 nitrogen and oxygen atoms in total. The summed E-state index contributed by atoms with van der Waals surface area (Å²) in [6.45, 7) is 2.16. The van der Waals surface area contributed by atoms with E-state index in [1.54, 1.807) is 0 Å². The Balaban J connectivity index is 1.67. The highest BCUT2D eigenvalue weighted by atomic mass is 31.1. The van der Waals surface area contributed by atoms with Crippen LogP contribution in [0.5, 0.6) is 0 Å². The van der Waals surface area contributed by atoms with Gasteiger partial charge >= 0.3 is 8.24 Å². The Labute approximate surface area is 211 Å². The van der Waals surface area contributed by atoms with Gasteiger partial charge in [0.25, 0.3) is 0 Å². The molecule has 0 saturated carbocycles. The van der Waals surface area contributed by atoms with Crippen LogP contribution in [-0.4, -0.2) is 25.0 Å². The van der Waals surface area contributed by atoms with Crippen LogP contribution in [0.4, 0.5) is 0 Å². The lowest BCUT2D eigenvalue weighted by Gasteiger charge is -2.28. The first kappa shape index (κ1) is 22.9. The van der Waals surface area contributed by atoms with Crippen molar-refractivity contribution >= 4 is 51.7 Å². The Kier molecular flexibility index (Phi) is 6.02. The molecule has 0 radical (unpaired) electrons. The third kappa shape index (κ3) is 4.08. The fourth-order valence-electron chi connectivity index (χ4n) is 4.83. The fraction of sp³-hybridized carbons (Fsp3) is 0.161. The van der Waals surface area contributed by atoms with Gasteiger partial charge in [-0.1, -0.05) is 91.0 Å². The average Bonchev–Trinajstić information content (AvgIpc) is 3.08. The molecule has 0 spiro atoms. The highest BCUT2D eigenvalue weighted by molar-refractivity contribution is 7.31.